The van der Waals surface area contributed by atoms with E-state index >= 15 is 0 Å². The number of nitrogens with one attached hydrogen (secondary N) is 1. The molecule has 0 saturated carbocycles. The average Bonchev–Trinajstić information content (AvgIpc) is 2.65. The molecule has 4 rings (SSSR count). The third-order valence-corrected chi connectivity index (χ3v) is 6.26. The Bertz CT molecular complexity index is 968. The third-order valence-electron chi connectivity index (χ3n) is 6.26. The molecule has 2 atom stereocenters. The van der Waals surface area contributed by atoms with Crippen LogP contribution in [0.5, 0.6) is 5.75 Å². The molecule has 0 spiro atoms. The second-order valence-corrected chi connectivity index (χ2v) is 8.27. The smallest absolute Gasteiger partial charge is 0.430 e. The van der Waals surface area contributed by atoms with Crippen molar-refractivity contribution in [2.45, 2.75) is 43.3 Å². The maximum Gasteiger partial charge on any atom is 0.430 e. The number of hydrogen-bond donors (Lipinski definition) is 2. The molecule has 9 heteroatoms. The lowest BCUT2D eigenvalue weighted by Crippen LogP contribution is -2.54. The summed E-state index contributed by atoms with van der Waals surface area (Å²) in [7, 11) is 0. The van der Waals surface area contributed by atoms with Gasteiger partial charge in [-0.2, -0.15) is 26.3 Å². The highest BCUT2D eigenvalue weighted by atomic mass is 19.4. The highest BCUT2D eigenvalue weighted by Crippen LogP contribution is 2.55. The van der Waals surface area contributed by atoms with Gasteiger partial charge in [0.1, 0.15) is 5.75 Å². The third kappa shape index (κ3) is 2.78. The molecule has 2 aliphatic heterocycles. The molecule has 0 radical (unpaired) electrons. The predicted octanol–water partition coefficient (Wildman–Crippen LogP) is 5.45. The number of fused-ring (bicyclic) bond motifs is 4. The summed E-state index contributed by atoms with van der Waals surface area (Å²) >= 11 is 0. The van der Waals surface area contributed by atoms with Crippen LogP contribution in [0.3, 0.4) is 0 Å². The van der Waals surface area contributed by atoms with Crippen LogP contribution in [0.2, 0.25) is 0 Å². The first-order chi connectivity index (χ1) is 13.8. The molecule has 0 bridgehead atoms. The molecular formula is C21H19F6NO2. The van der Waals surface area contributed by atoms with Crippen LogP contribution in [0.1, 0.15) is 36.6 Å². The average molecular weight is 431 g/mol. The Kier molecular flexibility index (Phi) is 4.37. The zero-order chi connectivity index (χ0) is 22.1. The fraction of sp³-hybridized carbons (Fsp3) is 0.429. The van der Waals surface area contributed by atoms with Gasteiger partial charge in [0.25, 0.3) is 5.60 Å². The van der Waals surface area contributed by atoms with E-state index in [-0.39, 0.29) is 24.1 Å². The maximum atomic E-state index is 13.3. The largest absolute Gasteiger partial charge is 0.493 e. The number of rotatable bonds is 1. The van der Waals surface area contributed by atoms with E-state index in [1.165, 1.54) is 6.07 Å². The van der Waals surface area contributed by atoms with Gasteiger partial charge in [0.2, 0.25) is 0 Å². The van der Waals surface area contributed by atoms with Gasteiger partial charge < -0.3 is 15.2 Å². The molecule has 2 heterocycles. The number of aliphatic hydroxyl groups is 1. The van der Waals surface area contributed by atoms with E-state index in [1.807, 2.05) is 24.3 Å². The summed E-state index contributed by atoms with van der Waals surface area (Å²) in [5, 5.41) is 13.0. The van der Waals surface area contributed by atoms with Crippen LogP contribution in [0, 0.1) is 5.92 Å². The molecule has 0 fully saturated rings. The summed E-state index contributed by atoms with van der Waals surface area (Å²) in [5.74, 6) is 0.436. The van der Waals surface area contributed by atoms with E-state index in [9.17, 15) is 31.4 Å². The van der Waals surface area contributed by atoms with Gasteiger partial charge in [0.15, 0.2) is 0 Å². The van der Waals surface area contributed by atoms with Crippen LogP contribution >= 0.6 is 0 Å². The fourth-order valence-corrected chi connectivity index (χ4v) is 4.45. The lowest BCUT2D eigenvalue weighted by molar-refractivity contribution is -0.376. The predicted molar refractivity (Wildman–Crippen MR) is 97.3 cm³/mol. The number of ether oxygens (including phenoxy) is 1. The molecule has 0 aliphatic carbocycles. The normalized spacial score (nSPS) is 22.8. The van der Waals surface area contributed by atoms with Gasteiger partial charge in [-0.05, 0) is 23.8 Å². The van der Waals surface area contributed by atoms with Crippen molar-refractivity contribution in [1.82, 2.24) is 0 Å². The van der Waals surface area contributed by atoms with Crippen molar-refractivity contribution in [2.24, 2.45) is 5.92 Å². The van der Waals surface area contributed by atoms with Crippen molar-refractivity contribution < 1.29 is 36.2 Å². The van der Waals surface area contributed by atoms with E-state index in [0.29, 0.717) is 17.5 Å². The zero-order valence-electron chi connectivity index (χ0n) is 16.0. The summed E-state index contributed by atoms with van der Waals surface area (Å²) < 4.78 is 85.8. The summed E-state index contributed by atoms with van der Waals surface area (Å²) in [4.78, 5) is 0. The molecule has 3 nitrogen and oxygen atoms in total. The summed E-state index contributed by atoms with van der Waals surface area (Å²) in [6, 6.07) is 9.78. The minimum Gasteiger partial charge on any atom is -0.493 e. The second kappa shape index (κ2) is 6.29. The van der Waals surface area contributed by atoms with E-state index < -0.39 is 28.9 Å². The van der Waals surface area contributed by atoms with Gasteiger partial charge in [0, 0.05) is 28.1 Å². The Balaban J connectivity index is 1.85. The van der Waals surface area contributed by atoms with E-state index in [0.717, 1.165) is 11.6 Å². The highest BCUT2D eigenvalue weighted by Gasteiger charge is 2.71. The maximum absolute atomic E-state index is 13.3. The minimum absolute atomic E-state index is 0.215. The molecular weight excluding hydrogens is 412 g/mol. The molecule has 2 aromatic carbocycles. The molecule has 30 heavy (non-hydrogen) atoms. The molecule has 0 aromatic heterocycles. The number of para-hydroxylation sites is 1. The van der Waals surface area contributed by atoms with Crippen LogP contribution in [-0.4, -0.2) is 24.1 Å². The van der Waals surface area contributed by atoms with Gasteiger partial charge in [-0.3, -0.25) is 0 Å². The van der Waals surface area contributed by atoms with Crippen molar-refractivity contribution in [3.8, 4) is 5.75 Å². The highest BCUT2D eigenvalue weighted by molar-refractivity contribution is 5.62. The van der Waals surface area contributed by atoms with E-state index in [4.69, 9.17) is 4.74 Å². The molecule has 0 unspecified atom stereocenters. The molecule has 0 amide bonds. The van der Waals surface area contributed by atoms with Crippen molar-refractivity contribution in [2.75, 3.05) is 11.9 Å². The Hall–Kier alpha value is -2.42. The Labute approximate surface area is 168 Å². The molecule has 2 aromatic rings. The van der Waals surface area contributed by atoms with Gasteiger partial charge in [0.05, 0.1) is 12.6 Å². The lowest BCUT2D eigenvalue weighted by atomic mass is 9.65. The fourth-order valence-electron chi connectivity index (χ4n) is 4.45. The quantitative estimate of drug-likeness (QED) is 0.590. The van der Waals surface area contributed by atoms with Crippen LogP contribution in [0.15, 0.2) is 42.5 Å². The van der Waals surface area contributed by atoms with Gasteiger partial charge in [-0.1, -0.05) is 38.1 Å². The first-order valence-electron chi connectivity index (χ1n) is 9.27. The van der Waals surface area contributed by atoms with Crippen LogP contribution in [-0.2, 0) is 11.0 Å². The van der Waals surface area contributed by atoms with Crippen molar-refractivity contribution in [3.63, 3.8) is 0 Å². The molecule has 162 valence electrons. The van der Waals surface area contributed by atoms with Crippen LogP contribution < -0.4 is 10.1 Å². The Morgan fingerprint density at radius 3 is 2.27 bits per heavy atom. The van der Waals surface area contributed by atoms with Crippen LogP contribution in [0.4, 0.5) is 32.0 Å². The zero-order valence-corrected chi connectivity index (χ0v) is 16.0. The summed E-state index contributed by atoms with van der Waals surface area (Å²) in [6.45, 7) is 3.76. The number of benzene rings is 2. The van der Waals surface area contributed by atoms with Crippen molar-refractivity contribution >= 4 is 5.69 Å². The Morgan fingerprint density at radius 2 is 1.63 bits per heavy atom. The summed E-state index contributed by atoms with van der Waals surface area (Å²) in [5.41, 5.74) is -5.49. The monoisotopic (exact) mass is 431 g/mol. The number of halogens is 6. The van der Waals surface area contributed by atoms with Crippen LogP contribution in [0.25, 0.3) is 0 Å². The standard InChI is InChI=1S/C21H19F6NO2/c1-18(2)13-9-11(19(29,20(22,23)24)21(25,26)27)7-8-15(13)28-17-12-5-3-4-6-16(12)30-10-14(17)18/h3-9,14,17,28-29H,10H2,1-2H3/t14-,17+/m1/s1. The molecule has 2 aliphatic rings. The summed E-state index contributed by atoms with van der Waals surface area (Å²) in [6.07, 6.45) is -11.9. The number of hydrogen-bond acceptors (Lipinski definition) is 3. The second-order valence-electron chi connectivity index (χ2n) is 8.27. The van der Waals surface area contributed by atoms with Crippen molar-refractivity contribution in [3.05, 3.63) is 59.2 Å². The SMILES string of the molecule is CC1(C)c2cc(C(O)(C(F)(F)F)C(F)(F)F)ccc2N[C@H]2c3ccccc3OC[C@H]21. The minimum atomic E-state index is -5.93. The first-order valence-corrected chi connectivity index (χ1v) is 9.27. The van der Waals surface area contributed by atoms with E-state index in [1.54, 1.807) is 13.8 Å². The number of anilines is 1. The van der Waals surface area contributed by atoms with Crippen molar-refractivity contribution in [1.29, 1.82) is 0 Å². The van der Waals surface area contributed by atoms with E-state index in [2.05, 4.69) is 5.32 Å². The Morgan fingerprint density at radius 1 is 1.00 bits per heavy atom. The number of alkyl halides is 6. The topological polar surface area (TPSA) is 41.5 Å². The molecule has 0 saturated heterocycles. The van der Waals surface area contributed by atoms with Gasteiger partial charge in [-0.15, -0.1) is 0 Å². The lowest BCUT2D eigenvalue weighted by Gasteiger charge is -2.49. The van der Waals surface area contributed by atoms with Gasteiger partial charge in [-0.25, -0.2) is 0 Å². The molecule has 2 N–H and O–H groups in total. The first kappa shape index (κ1) is 20.8. The van der Waals surface area contributed by atoms with Gasteiger partial charge >= 0.3 is 12.4 Å².